The van der Waals surface area contributed by atoms with Crippen molar-refractivity contribution in [3.63, 3.8) is 0 Å². The number of carbonyl (C=O) groups excluding carboxylic acids is 2. The van der Waals surface area contributed by atoms with Crippen molar-refractivity contribution in [3.8, 4) is 0 Å². The van der Waals surface area contributed by atoms with E-state index in [-0.39, 0.29) is 18.0 Å². The van der Waals surface area contributed by atoms with Gasteiger partial charge in [0.25, 0.3) is 5.91 Å². The number of nitrogens with zero attached hydrogens (tertiary/aromatic N) is 2. The van der Waals surface area contributed by atoms with Crippen LogP contribution < -0.4 is 5.73 Å². The highest BCUT2D eigenvalue weighted by atomic mass is 16.2. The minimum Gasteiger partial charge on any atom is -0.366 e. The lowest BCUT2D eigenvalue weighted by Gasteiger charge is -2.38. The van der Waals surface area contributed by atoms with E-state index in [2.05, 4.69) is 18.7 Å². The van der Waals surface area contributed by atoms with Crippen LogP contribution in [0.25, 0.3) is 0 Å². The Bertz CT molecular complexity index is 710. The van der Waals surface area contributed by atoms with Gasteiger partial charge in [-0.2, -0.15) is 0 Å². The standard InChI is InChI=1S/C24H37N3O2/c1-3-4-5-6-7-8-9-15-26-16-13-19(14-17-26)27-18(2)20-11-10-12-21(23(25)28)22(20)24(27)29/h10-12,18-19H,3-9,13-17H2,1-2H3,(H2,25,28). The first kappa shape index (κ1) is 21.8. The second-order valence-electron chi connectivity index (χ2n) is 8.72. The van der Waals surface area contributed by atoms with Gasteiger partial charge in [0.1, 0.15) is 0 Å². The Morgan fingerprint density at radius 1 is 1.07 bits per heavy atom. The van der Waals surface area contributed by atoms with Gasteiger partial charge in [0.15, 0.2) is 0 Å². The maximum atomic E-state index is 13.1. The zero-order valence-electron chi connectivity index (χ0n) is 18.2. The lowest BCUT2D eigenvalue weighted by molar-refractivity contribution is 0.0516. The minimum atomic E-state index is -0.520. The Labute approximate surface area is 175 Å². The lowest BCUT2D eigenvalue weighted by Crippen LogP contribution is -2.46. The van der Waals surface area contributed by atoms with Gasteiger partial charge in [-0.25, -0.2) is 0 Å². The van der Waals surface area contributed by atoms with Crippen LogP contribution in [0.1, 0.15) is 104 Å². The highest BCUT2D eigenvalue weighted by Gasteiger charge is 2.41. The highest BCUT2D eigenvalue weighted by Crippen LogP contribution is 2.38. The molecular weight excluding hydrogens is 362 g/mol. The molecule has 1 atom stereocenters. The number of unbranched alkanes of at least 4 members (excludes halogenated alkanes) is 6. The lowest BCUT2D eigenvalue weighted by atomic mass is 9.99. The molecule has 29 heavy (non-hydrogen) atoms. The van der Waals surface area contributed by atoms with E-state index >= 15 is 0 Å². The topological polar surface area (TPSA) is 66.6 Å². The maximum absolute atomic E-state index is 13.1. The number of amides is 2. The monoisotopic (exact) mass is 399 g/mol. The molecule has 1 aromatic rings. The number of likely N-dealkylation sites (tertiary alicyclic amines) is 1. The van der Waals surface area contributed by atoms with Crippen LogP contribution in [0.4, 0.5) is 0 Å². The van der Waals surface area contributed by atoms with E-state index in [1.165, 1.54) is 51.5 Å². The third-order valence-corrected chi connectivity index (χ3v) is 6.71. The smallest absolute Gasteiger partial charge is 0.255 e. The van der Waals surface area contributed by atoms with E-state index in [0.717, 1.165) is 31.5 Å². The zero-order valence-corrected chi connectivity index (χ0v) is 18.2. The van der Waals surface area contributed by atoms with E-state index in [0.29, 0.717) is 11.1 Å². The largest absolute Gasteiger partial charge is 0.366 e. The Kier molecular flexibility index (Phi) is 7.70. The first-order valence-corrected chi connectivity index (χ1v) is 11.5. The minimum absolute atomic E-state index is 0.0106. The van der Waals surface area contributed by atoms with Crippen LogP contribution in [-0.2, 0) is 0 Å². The van der Waals surface area contributed by atoms with E-state index < -0.39 is 5.91 Å². The summed E-state index contributed by atoms with van der Waals surface area (Å²) in [4.78, 5) is 29.5. The number of carbonyl (C=O) groups is 2. The molecular formula is C24H37N3O2. The van der Waals surface area contributed by atoms with Crippen LogP contribution in [0.5, 0.6) is 0 Å². The van der Waals surface area contributed by atoms with Crippen LogP contribution in [0.15, 0.2) is 18.2 Å². The van der Waals surface area contributed by atoms with Crippen LogP contribution in [-0.4, -0.2) is 47.3 Å². The molecule has 2 aliphatic heterocycles. The molecule has 0 radical (unpaired) electrons. The van der Waals surface area contributed by atoms with Crippen molar-refractivity contribution in [2.45, 2.75) is 83.7 Å². The van der Waals surface area contributed by atoms with E-state index in [1.807, 2.05) is 17.0 Å². The van der Waals surface area contributed by atoms with E-state index in [1.54, 1.807) is 6.07 Å². The van der Waals surface area contributed by atoms with Crippen molar-refractivity contribution < 1.29 is 9.59 Å². The average Bonchev–Trinajstić information content (AvgIpc) is 2.98. The van der Waals surface area contributed by atoms with Crippen LogP contribution in [0.2, 0.25) is 0 Å². The summed E-state index contributed by atoms with van der Waals surface area (Å²) in [5.41, 5.74) is 7.34. The van der Waals surface area contributed by atoms with Crippen LogP contribution in [0.3, 0.4) is 0 Å². The van der Waals surface area contributed by atoms with Gasteiger partial charge in [-0.05, 0) is 44.4 Å². The van der Waals surface area contributed by atoms with Gasteiger partial charge < -0.3 is 15.5 Å². The molecule has 2 heterocycles. The summed E-state index contributed by atoms with van der Waals surface area (Å²) in [7, 11) is 0. The number of hydrogen-bond acceptors (Lipinski definition) is 3. The number of benzene rings is 1. The van der Waals surface area contributed by atoms with Gasteiger partial charge >= 0.3 is 0 Å². The number of rotatable bonds is 10. The number of piperidine rings is 1. The molecule has 0 spiro atoms. The van der Waals surface area contributed by atoms with Gasteiger partial charge in [-0.15, -0.1) is 0 Å². The van der Waals surface area contributed by atoms with Gasteiger partial charge in [0.05, 0.1) is 17.2 Å². The van der Waals surface area contributed by atoms with E-state index in [9.17, 15) is 9.59 Å². The highest BCUT2D eigenvalue weighted by molar-refractivity contribution is 6.09. The van der Waals surface area contributed by atoms with Gasteiger partial charge in [0.2, 0.25) is 5.91 Å². The molecule has 0 aliphatic carbocycles. The molecule has 0 bridgehead atoms. The molecule has 2 N–H and O–H groups in total. The van der Waals surface area contributed by atoms with Crippen molar-refractivity contribution in [3.05, 3.63) is 34.9 Å². The molecule has 5 heteroatoms. The number of primary amides is 1. The first-order valence-electron chi connectivity index (χ1n) is 11.5. The third kappa shape index (κ3) is 5.00. The Hall–Kier alpha value is -1.88. The van der Waals surface area contributed by atoms with Gasteiger partial charge in [-0.3, -0.25) is 9.59 Å². The van der Waals surface area contributed by atoms with Crippen LogP contribution in [0, 0.1) is 0 Å². The molecule has 1 aromatic carbocycles. The zero-order chi connectivity index (χ0) is 20.8. The van der Waals surface area contributed by atoms with Gasteiger partial charge in [-0.1, -0.05) is 57.6 Å². The molecule has 1 fully saturated rings. The fourth-order valence-electron chi connectivity index (χ4n) is 5.01. The van der Waals surface area contributed by atoms with Crippen molar-refractivity contribution in [2.75, 3.05) is 19.6 Å². The molecule has 160 valence electrons. The molecule has 3 rings (SSSR count). The molecule has 2 amide bonds. The summed E-state index contributed by atoms with van der Waals surface area (Å²) in [6, 6.07) is 5.71. The summed E-state index contributed by atoms with van der Waals surface area (Å²) < 4.78 is 0. The van der Waals surface area contributed by atoms with Crippen molar-refractivity contribution in [1.29, 1.82) is 0 Å². The van der Waals surface area contributed by atoms with E-state index in [4.69, 9.17) is 5.73 Å². The summed E-state index contributed by atoms with van der Waals surface area (Å²) in [5.74, 6) is -0.541. The molecule has 0 saturated carbocycles. The molecule has 1 saturated heterocycles. The average molecular weight is 400 g/mol. The molecule has 2 aliphatic rings. The second kappa shape index (κ2) is 10.2. The number of fused-ring (bicyclic) bond motifs is 1. The summed E-state index contributed by atoms with van der Waals surface area (Å²) in [5, 5.41) is 0. The molecule has 0 aromatic heterocycles. The first-order chi connectivity index (χ1) is 14.0. The molecule has 5 nitrogen and oxygen atoms in total. The third-order valence-electron chi connectivity index (χ3n) is 6.71. The second-order valence-corrected chi connectivity index (χ2v) is 8.72. The van der Waals surface area contributed by atoms with Gasteiger partial charge in [0, 0.05) is 19.1 Å². The SMILES string of the molecule is CCCCCCCCCN1CCC(N2C(=O)c3c(C(N)=O)cccc3C2C)CC1. The maximum Gasteiger partial charge on any atom is 0.255 e. The fourth-order valence-corrected chi connectivity index (χ4v) is 5.01. The Morgan fingerprint density at radius 2 is 1.72 bits per heavy atom. The number of hydrogen-bond donors (Lipinski definition) is 1. The molecule has 1 unspecified atom stereocenters. The van der Waals surface area contributed by atoms with Crippen molar-refractivity contribution in [1.82, 2.24) is 9.80 Å². The van der Waals surface area contributed by atoms with Crippen LogP contribution >= 0.6 is 0 Å². The Morgan fingerprint density at radius 3 is 2.38 bits per heavy atom. The summed E-state index contributed by atoms with van der Waals surface area (Å²) in [6.45, 7) is 7.61. The quantitative estimate of drug-likeness (QED) is 0.588. The van der Waals surface area contributed by atoms with Crippen molar-refractivity contribution in [2.24, 2.45) is 5.73 Å². The predicted molar refractivity (Wildman–Crippen MR) is 117 cm³/mol. The fraction of sp³-hybridized carbons (Fsp3) is 0.667. The predicted octanol–water partition coefficient (Wildman–Crippen LogP) is 4.52. The number of nitrogens with two attached hydrogens (primary N) is 1. The summed E-state index contributed by atoms with van der Waals surface area (Å²) in [6.07, 6.45) is 11.4. The summed E-state index contributed by atoms with van der Waals surface area (Å²) >= 11 is 0. The normalized spacial score (nSPS) is 20.3. The van der Waals surface area contributed by atoms with Crippen molar-refractivity contribution >= 4 is 11.8 Å². The Balaban J connectivity index is 1.48.